The molecule has 0 atom stereocenters. The van der Waals surface area contributed by atoms with Crippen LogP contribution in [-0.4, -0.2) is 12.5 Å². The van der Waals surface area contributed by atoms with E-state index in [1.165, 1.54) is 0 Å². The summed E-state index contributed by atoms with van der Waals surface area (Å²) in [5.74, 6) is -0.121. The quantitative estimate of drug-likeness (QED) is 0.720. The third-order valence-electron chi connectivity index (χ3n) is 3.64. The van der Waals surface area contributed by atoms with Crippen LogP contribution in [0.3, 0.4) is 0 Å². The maximum Gasteiger partial charge on any atom is 0.246 e. The Kier molecular flexibility index (Phi) is 5.43. The molecule has 0 spiro atoms. The Hall–Kier alpha value is -2.85. The first-order valence-electron chi connectivity index (χ1n) is 7.81. The predicted octanol–water partition coefficient (Wildman–Crippen LogP) is 3.78. The Balaban J connectivity index is 1.41. The van der Waals surface area contributed by atoms with Crippen LogP contribution >= 0.6 is 0 Å². The molecule has 0 aliphatic heterocycles. The van der Waals surface area contributed by atoms with E-state index in [2.05, 4.69) is 5.32 Å². The van der Waals surface area contributed by atoms with E-state index in [1.54, 1.807) is 12.5 Å². The van der Waals surface area contributed by atoms with Crippen molar-refractivity contribution in [2.24, 2.45) is 0 Å². The first-order chi connectivity index (χ1) is 11.8. The van der Waals surface area contributed by atoms with Crippen LogP contribution in [-0.2, 0) is 22.7 Å². The molecular formula is C20H19NO3. The highest BCUT2D eigenvalue weighted by Gasteiger charge is 2.03. The zero-order valence-corrected chi connectivity index (χ0v) is 13.3. The number of rotatable bonds is 7. The molecule has 1 N–H and O–H groups in total. The minimum atomic E-state index is -0.121. The third-order valence-corrected chi connectivity index (χ3v) is 3.64. The molecule has 4 nitrogen and oxygen atoms in total. The number of benzene rings is 2. The van der Waals surface area contributed by atoms with Gasteiger partial charge in [-0.25, -0.2) is 0 Å². The van der Waals surface area contributed by atoms with E-state index in [1.807, 2.05) is 60.7 Å². The highest BCUT2D eigenvalue weighted by Crippen LogP contribution is 2.19. The van der Waals surface area contributed by atoms with Gasteiger partial charge in [-0.15, -0.1) is 0 Å². The largest absolute Gasteiger partial charge is 0.472 e. The third kappa shape index (κ3) is 4.57. The number of carbonyl (C=O) groups is 1. The SMILES string of the molecule is O=C(COCc1ccccc1)NCc1ccc(-c2ccoc2)cc1. The van der Waals surface area contributed by atoms with Crippen molar-refractivity contribution < 1.29 is 13.9 Å². The molecule has 3 rings (SSSR count). The van der Waals surface area contributed by atoms with Gasteiger partial charge in [0.05, 0.1) is 19.1 Å². The maximum atomic E-state index is 11.8. The molecule has 0 saturated heterocycles. The fraction of sp³-hybridized carbons (Fsp3) is 0.150. The zero-order chi connectivity index (χ0) is 16.6. The summed E-state index contributed by atoms with van der Waals surface area (Å²) in [6, 6.07) is 19.7. The molecule has 122 valence electrons. The van der Waals surface area contributed by atoms with Gasteiger partial charge in [0.1, 0.15) is 6.61 Å². The Bertz CT molecular complexity index is 749. The molecular weight excluding hydrogens is 302 g/mol. The van der Waals surface area contributed by atoms with Gasteiger partial charge in [0.25, 0.3) is 0 Å². The van der Waals surface area contributed by atoms with Gasteiger partial charge in [-0.3, -0.25) is 4.79 Å². The molecule has 3 aromatic rings. The summed E-state index contributed by atoms with van der Waals surface area (Å²) in [6.07, 6.45) is 3.36. The number of ether oxygens (including phenoxy) is 1. The average Bonchev–Trinajstić information content (AvgIpc) is 3.16. The minimum absolute atomic E-state index is 0.0575. The van der Waals surface area contributed by atoms with Gasteiger partial charge in [0, 0.05) is 12.1 Å². The number of carbonyl (C=O) groups excluding carboxylic acids is 1. The first kappa shape index (κ1) is 16.0. The second-order valence-electron chi connectivity index (χ2n) is 5.46. The Labute approximate surface area is 141 Å². The smallest absolute Gasteiger partial charge is 0.246 e. The van der Waals surface area contributed by atoms with Gasteiger partial charge in [-0.05, 0) is 22.8 Å². The molecule has 0 aliphatic rings. The van der Waals surface area contributed by atoms with Crippen LogP contribution < -0.4 is 5.32 Å². The summed E-state index contributed by atoms with van der Waals surface area (Å²) in [5.41, 5.74) is 4.23. The molecule has 0 fully saturated rings. The molecule has 0 unspecified atom stereocenters. The van der Waals surface area contributed by atoms with E-state index >= 15 is 0 Å². The van der Waals surface area contributed by atoms with E-state index in [9.17, 15) is 4.79 Å². The molecule has 2 aromatic carbocycles. The fourth-order valence-electron chi connectivity index (χ4n) is 2.33. The first-order valence-corrected chi connectivity index (χ1v) is 7.81. The van der Waals surface area contributed by atoms with Crippen molar-refractivity contribution in [1.82, 2.24) is 5.32 Å². The average molecular weight is 321 g/mol. The van der Waals surface area contributed by atoms with E-state index in [-0.39, 0.29) is 12.5 Å². The lowest BCUT2D eigenvalue weighted by Gasteiger charge is -2.07. The summed E-state index contributed by atoms with van der Waals surface area (Å²) in [7, 11) is 0. The molecule has 4 heteroatoms. The molecule has 1 aromatic heterocycles. The van der Waals surface area contributed by atoms with Gasteiger partial charge >= 0.3 is 0 Å². The van der Waals surface area contributed by atoms with Gasteiger partial charge in [-0.1, -0.05) is 54.6 Å². The predicted molar refractivity (Wildman–Crippen MR) is 92.1 cm³/mol. The van der Waals surface area contributed by atoms with Crippen molar-refractivity contribution in [3.8, 4) is 11.1 Å². The van der Waals surface area contributed by atoms with E-state index < -0.39 is 0 Å². The maximum absolute atomic E-state index is 11.8. The molecule has 0 bridgehead atoms. The van der Waals surface area contributed by atoms with E-state index in [0.29, 0.717) is 13.2 Å². The lowest BCUT2D eigenvalue weighted by atomic mass is 10.1. The van der Waals surface area contributed by atoms with Crippen LogP contribution in [0.25, 0.3) is 11.1 Å². The van der Waals surface area contributed by atoms with Crippen molar-refractivity contribution in [3.05, 3.63) is 84.3 Å². The van der Waals surface area contributed by atoms with Crippen LogP contribution in [0.15, 0.2) is 77.6 Å². The molecule has 24 heavy (non-hydrogen) atoms. The summed E-state index contributed by atoms with van der Waals surface area (Å²) in [6.45, 7) is 0.981. The van der Waals surface area contributed by atoms with Crippen molar-refractivity contribution in [2.45, 2.75) is 13.2 Å². The number of hydrogen-bond acceptors (Lipinski definition) is 3. The second-order valence-corrected chi connectivity index (χ2v) is 5.46. The van der Waals surface area contributed by atoms with Crippen LogP contribution in [0.2, 0.25) is 0 Å². The number of amides is 1. The van der Waals surface area contributed by atoms with Crippen LogP contribution in [0, 0.1) is 0 Å². The van der Waals surface area contributed by atoms with Gasteiger partial charge in [0.2, 0.25) is 5.91 Å². The van der Waals surface area contributed by atoms with Crippen LogP contribution in [0.4, 0.5) is 0 Å². The molecule has 0 radical (unpaired) electrons. The Morgan fingerprint density at radius 1 is 0.917 bits per heavy atom. The summed E-state index contributed by atoms with van der Waals surface area (Å²) >= 11 is 0. The van der Waals surface area contributed by atoms with Gasteiger partial charge in [0.15, 0.2) is 0 Å². The van der Waals surface area contributed by atoms with Crippen molar-refractivity contribution in [3.63, 3.8) is 0 Å². The zero-order valence-electron chi connectivity index (χ0n) is 13.3. The summed E-state index contributed by atoms with van der Waals surface area (Å²) in [4.78, 5) is 11.8. The topological polar surface area (TPSA) is 51.5 Å². The molecule has 0 saturated carbocycles. The van der Waals surface area contributed by atoms with Crippen molar-refractivity contribution >= 4 is 5.91 Å². The second kappa shape index (κ2) is 8.13. The molecule has 0 aliphatic carbocycles. The van der Waals surface area contributed by atoms with Crippen molar-refractivity contribution in [1.29, 1.82) is 0 Å². The minimum Gasteiger partial charge on any atom is -0.472 e. The van der Waals surface area contributed by atoms with Gasteiger partial charge in [-0.2, -0.15) is 0 Å². The number of hydrogen-bond donors (Lipinski definition) is 1. The van der Waals surface area contributed by atoms with E-state index in [0.717, 1.165) is 22.3 Å². The van der Waals surface area contributed by atoms with Crippen LogP contribution in [0.1, 0.15) is 11.1 Å². The standard InChI is InChI=1S/C20H19NO3/c22-20(15-24-13-17-4-2-1-3-5-17)21-12-16-6-8-18(9-7-16)19-10-11-23-14-19/h1-11,14H,12-13,15H2,(H,21,22). The summed E-state index contributed by atoms with van der Waals surface area (Å²) < 4.78 is 10.5. The highest BCUT2D eigenvalue weighted by atomic mass is 16.5. The summed E-state index contributed by atoms with van der Waals surface area (Å²) in [5, 5.41) is 2.86. The lowest BCUT2D eigenvalue weighted by molar-refractivity contribution is -0.126. The fourth-order valence-corrected chi connectivity index (χ4v) is 2.33. The van der Waals surface area contributed by atoms with E-state index in [4.69, 9.17) is 9.15 Å². The van der Waals surface area contributed by atoms with Gasteiger partial charge < -0.3 is 14.5 Å². The van der Waals surface area contributed by atoms with Crippen molar-refractivity contribution in [2.75, 3.05) is 6.61 Å². The monoisotopic (exact) mass is 321 g/mol. The van der Waals surface area contributed by atoms with Crippen LogP contribution in [0.5, 0.6) is 0 Å². The highest BCUT2D eigenvalue weighted by molar-refractivity contribution is 5.77. The molecule has 1 amide bonds. The lowest BCUT2D eigenvalue weighted by Crippen LogP contribution is -2.27. The Morgan fingerprint density at radius 3 is 2.42 bits per heavy atom. The molecule has 1 heterocycles. The number of furan rings is 1. The normalized spacial score (nSPS) is 10.5. The Morgan fingerprint density at radius 2 is 1.71 bits per heavy atom. The number of nitrogens with one attached hydrogen (secondary N) is 1.